The Labute approximate surface area is 137 Å². The lowest BCUT2D eigenvalue weighted by atomic mass is 10.2. The topological polar surface area (TPSA) is 69.0 Å². The molecule has 0 unspecified atom stereocenters. The van der Waals surface area contributed by atoms with Crippen LogP contribution >= 0.6 is 0 Å². The maximum Gasteiger partial charge on any atom is 0.241 e. The minimum Gasteiger partial charge on any atom is -0.439 e. The second kappa shape index (κ2) is 7.36. The summed E-state index contributed by atoms with van der Waals surface area (Å²) in [6, 6.07) is 10.9. The summed E-state index contributed by atoms with van der Waals surface area (Å²) in [7, 11) is 0. The van der Waals surface area contributed by atoms with Gasteiger partial charge in [0.25, 0.3) is 0 Å². The van der Waals surface area contributed by atoms with E-state index in [0.29, 0.717) is 18.2 Å². The van der Waals surface area contributed by atoms with Gasteiger partial charge in [-0.25, -0.2) is 9.37 Å². The molecular weight excluding hydrogens is 311 g/mol. The Hall–Kier alpha value is -3.22. The summed E-state index contributed by atoms with van der Waals surface area (Å²) in [5.74, 6) is 0.393. The molecule has 0 bridgehead atoms. The van der Waals surface area contributed by atoms with Crippen molar-refractivity contribution in [3.63, 3.8) is 0 Å². The van der Waals surface area contributed by atoms with E-state index < -0.39 is 0 Å². The van der Waals surface area contributed by atoms with Gasteiger partial charge in [-0.05, 0) is 42.0 Å². The Morgan fingerprint density at radius 2 is 2.04 bits per heavy atom. The third-order valence-electron chi connectivity index (χ3n) is 3.19. The van der Waals surface area contributed by atoms with Crippen LogP contribution in [0.4, 0.5) is 4.39 Å². The van der Waals surface area contributed by atoms with E-state index in [-0.39, 0.29) is 18.3 Å². The number of amides is 1. The monoisotopic (exact) mass is 326 g/mol. The van der Waals surface area contributed by atoms with Crippen LogP contribution in [0.1, 0.15) is 5.56 Å². The molecule has 0 spiro atoms. The van der Waals surface area contributed by atoms with Crippen LogP contribution in [-0.2, 0) is 17.9 Å². The number of carbonyl (C=O) groups is 1. The van der Waals surface area contributed by atoms with Crippen LogP contribution in [0.2, 0.25) is 0 Å². The molecule has 0 aliphatic heterocycles. The van der Waals surface area contributed by atoms with Gasteiger partial charge in [-0.2, -0.15) is 5.10 Å². The fourth-order valence-corrected chi connectivity index (χ4v) is 2.04. The van der Waals surface area contributed by atoms with Gasteiger partial charge in [-0.3, -0.25) is 9.48 Å². The Morgan fingerprint density at radius 1 is 1.21 bits per heavy atom. The number of hydrogen-bond donors (Lipinski definition) is 1. The third-order valence-corrected chi connectivity index (χ3v) is 3.19. The summed E-state index contributed by atoms with van der Waals surface area (Å²) in [4.78, 5) is 15.9. The van der Waals surface area contributed by atoms with E-state index >= 15 is 0 Å². The normalized spacial score (nSPS) is 10.4. The molecule has 0 saturated carbocycles. The number of halogens is 1. The number of aromatic nitrogens is 3. The molecule has 2 heterocycles. The zero-order valence-corrected chi connectivity index (χ0v) is 12.7. The van der Waals surface area contributed by atoms with Gasteiger partial charge < -0.3 is 10.1 Å². The van der Waals surface area contributed by atoms with Crippen molar-refractivity contribution >= 4 is 5.91 Å². The number of nitrogens with one attached hydrogen (secondary N) is 1. The number of ether oxygens (including phenoxy) is 1. The van der Waals surface area contributed by atoms with Gasteiger partial charge in [0.15, 0.2) is 0 Å². The van der Waals surface area contributed by atoms with E-state index in [1.807, 2.05) is 0 Å². The van der Waals surface area contributed by atoms with Crippen molar-refractivity contribution in [3.8, 4) is 11.6 Å². The Balaban J connectivity index is 1.56. The van der Waals surface area contributed by atoms with E-state index in [4.69, 9.17) is 4.74 Å². The summed E-state index contributed by atoms with van der Waals surface area (Å²) in [6.45, 7) is 0.513. The van der Waals surface area contributed by atoms with E-state index in [1.54, 1.807) is 41.5 Å². The Kier molecular flexibility index (Phi) is 4.81. The highest BCUT2D eigenvalue weighted by molar-refractivity contribution is 5.75. The highest BCUT2D eigenvalue weighted by Gasteiger charge is 2.05. The Morgan fingerprint density at radius 3 is 2.79 bits per heavy atom. The molecule has 0 radical (unpaired) electrons. The van der Waals surface area contributed by atoms with Crippen molar-refractivity contribution in [1.82, 2.24) is 20.1 Å². The van der Waals surface area contributed by atoms with Crippen LogP contribution in [-0.4, -0.2) is 20.7 Å². The molecule has 7 heteroatoms. The second-order valence-electron chi connectivity index (χ2n) is 5.04. The number of hydrogen-bond acceptors (Lipinski definition) is 4. The molecule has 0 saturated heterocycles. The van der Waals surface area contributed by atoms with E-state index in [2.05, 4.69) is 15.4 Å². The predicted octanol–water partition coefficient (Wildman–Crippen LogP) is 2.53. The lowest BCUT2D eigenvalue weighted by molar-refractivity contribution is -0.122. The van der Waals surface area contributed by atoms with E-state index in [9.17, 15) is 9.18 Å². The van der Waals surface area contributed by atoms with Crippen LogP contribution in [0.15, 0.2) is 61.1 Å². The molecule has 6 nitrogen and oxygen atoms in total. The number of nitrogens with zero attached hydrogens (tertiary/aromatic N) is 3. The zero-order valence-electron chi connectivity index (χ0n) is 12.7. The molecule has 1 amide bonds. The first-order valence-electron chi connectivity index (χ1n) is 7.31. The fraction of sp³-hybridized carbons (Fsp3) is 0.118. The van der Waals surface area contributed by atoms with Crippen molar-refractivity contribution in [2.24, 2.45) is 0 Å². The standard InChI is InChI=1S/C17H15FN4O2/c18-14-2-4-15(5-3-14)24-17-10-13(6-8-19-17)11-20-16(23)12-22-9-1-7-21-22/h1-10H,11-12H2,(H,20,23). The highest BCUT2D eigenvalue weighted by atomic mass is 19.1. The average Bonchev–Trinajstić information content (AvgIpc) is 3.08. The zero-order chi connectivity index (χ0) is 16.8. The molecule has 24 heavy (non-hydrogen) atoms. The third kappa shape index (κ3) is 4.39. The summed E-state index contributed by atoms with van der Waals surface area (Å²) < 4.78 is 20.0. The van der Waals surface area contributed by atoms with Gasteiger partial charge in [0, 0.05) is 31.2 Å². The van der Waals surface area contributed by atoms with Crippen LogP contribution in [0.25, 0.3) is 0 Å². The second-order valence-corrected chi connectivity index (χ2v) is 5.04. The smallest absolute Gasteiger partial charge is 0.241 e. The number of pyridine rings is 1. The van der Waals surface area contributed by atoms with Gasteiger partial charge in [0.05, 0.1) is 0 Å². The molecule has 0 aliphatic rings. The maximum atomic E-state index is 12.9. The molecule has 1 aromatic carbocycles. The lowest BCUT2D eigenvalue weighted by Gasteiger charge is -2.08. The summed E-state index contributed by atoms with van der Waals surface area (Å²) >= 11 is 0. The SMILES string of the molecule is O=C(Cn1cccn1)NCc1ccnc(Oc2ccc(F)cc2)c1. The van der Waals surface area contributed by atoms with E-state index in [1.165, 1.54) is 24.3 Å². The summed E-state index contributed by atoms with van der Waals surface area (Å²) in [5.41, 5.74) is 0.843. The van der Waals surface area contributed by atoms with Crippen molar-refractivity contribution in [2.45, 2.75) is 13.1 Å². The van der Waals surface area contributed by atoms with Crippen molar-refractivity contribution in [3.05, 3.63) is 72.4 Å². The molecule has 0 fully saturated rings. The average molecular weight is 326 g/mol. The van der Waals surface area contributed by atoms with Crippen molar-refractivity contribution in [1.29, 1.82) is 0 Å². The molecule has 1 N–H and O–H groups in total. The minimum absolute atomic E-state index is 0.142. The summed E-state index contributed by atoms with van der Waals surface area (Å²) in [5, 5.41) is 6.78. The largest absolute Gasteiger partial charge is 0.439 e. The van der Waals surface area contributed by atoms with Crippen LogP contribution in [0, 0.1) is 5.82 Å². The molecule has 3 rings (SSSR count). The molecule has 0 atom stereocenters. The van der Waals surface area contributed by atoms with Crippen molar-refractivity contribution < 1.29 is 13.9 Å². The fourth-order valence-electron chi connectivity index (χ4n) is 2.04. The van der Waals surface area contributed by atoms with Gasteiger partial charge in [0.2, 0.25) is 11.8 Å². The number of benzene rings is 1. The summed E-state index contributed by atoms with van der Waals surface area (Å²) in [6.07, 6.45) is 4.93. The first-order valence-corrected chi connectivity index (χ1v) is 7.31. The van der Waals surface area contributed by atoms with Crippen molar-refractivity contribution in [2.75, 3.05) is 0 Å². The van der Waals surface area contributed by atoms with Gasteiger partial charge in [-0.1, -0.05) is 0 Å². The molecule has 3 aromatic rings. The quantitative estimate of drug-likeness (QED) is 0.756. The highest BCUT2D eigenvalue weighted by Crippen LogP contribution is 2.20. The van der Waals surface area contributed by atoms with Crippen LogP contribution in [0.3, 0.4) is 0 Å². The minimum atomic E-state index is -0.330. The first kappa shape index (κ1) is 15.7. The molecule has 122 valence electrons. The molecule has 2 aromatic heterocycles. The maximum absolute atomic E-state index is 12.9. The van der Waals surface area contributed by atoms with Gasteiger partial charge in [-0.15, -0.1) is 0 Å². The predicted molar refractivity (Wildman–Crippen MR) is 84.8 cm³/mol. The lowest BCUT2D eigenvalue weighted by Crippen LogP contribution is -2.27. The number of carbonyl (C=O) groups excluding carboxylic acids is 1. The molecular formula is C17H15FN4O2. The van der Waals surface area contributed by atoms with Gasteiger partial charge >= 0.3 is 0 Å². The van der Waals surface area contributed by atoms with Gasteiger partial charge in [0.1, 0.15) is 18.1 Å². The first-order chi connectivity index (χ1) is 11.7. The molecule has 0 aliphatic carbocycles. The van der Waals surface area contributed by atoms with E-state index in [0.717, 1.165) is 5.56 Å². The Bertz CT molecular complexity index is 804. The van der Waals surface area contributed by atoms with Crippen LogP contribution < -0.4 is 10.1 Å². The number of rotatable bonds is 6. The van der Waals surface area contributed by atoms with Crippen LogP contribution in [0.5, 0.6) is 11.6 Å².